The fraction of sp³-hybridized carbons (Fsp3) is 0.500. The normalized spacial score (nSPS) is 14.9. The van der Waals surface area contributed by atoms with Crippen molar-refractivity contribution in [1.82, 2.24) is 19.4 Å². The average Bonchev–Trinajstić information content (AvgIpc) is 3.34. The third-order valence-electron chi connectivity index (χ3n) is 6.49. The molecule has 0 atom stereocenters. The molecule has 1 aliphatic heterocycles. The van der Waals surface area contributed by atoms with Gasteiger partial charge in [0.2, 0.25) is 0 Å². The van der Waals surface area contributed by atoms with E-state index in [2.05, 4.69) is 23.4 Å². The lowest BCUT2D eigenvalue weighted by atomic mass is 10.1. The number of carboxylic acid groups (broad SMARTS) is 1. The standard InChI is InChI=1S/C28H38N4O4/c1-4-7-10-17-30-24(26(33)31(28(30)36)16-9-6-3)18-23-19-29-25(11-8-5-2)32(23)20-21-12-14-22(15-13-21)27(34)35/h12-15,18-19H,4-11,16-17,20H2,1-3H3,(H,34,35). The van der Waals surface area contributed by atoms with Crippen LogP contribution in [0.3, 0.4) is 0 Å². The van der Waals surface area contributed by atoms with Crippen LogP contribution in [0.1, 0.15) is 93.2 Å². The van der Waals surface area contributed by atoms with Crippen LogP contribution in [-0.2, 0) is 17.8 Å². The lowest BCUT2D eigenvalue weighted by Gasteiger charge is -2.17. The fourth-order valence-corrected chi connectivity index (χ4v) is 4.31. The fourth-order valence-electron chi connectivity index (χ4n) is 4.31. The van der Waals surface area contributed by atoms with E-state index < -0.39 is 5.97 Å². The molecule has 36 heavy (non-hydrogen) atoms. The summed E-state index contributed by atoms with van der Waals surface area (Å²) in [5.74, 6) is -0.305. The molecule has 1 aromatic carbocycles. The highest BCUT2D eigenvalue weighted by Crippen LogP contribution is 2.26. The van der Waals surface area contributed by atoms with E-state index in [1.807, 2.05) is 6.92 Å². The lowest BCUT2D eigenvalue weighted by Crippen LogP contribution is -2.34. The van der Waals surface area contributed by atoms with Gasteiger partial charge < -0.3 is 9.67 Å². The summed E-state index contributed by atoms with van der Waals surface area (Å²) in [6, 6.07) is 6.56. The number of urea groups is 1. The van der Waals surface area contributed by atoms with Gasteiger partial charge in [0, 0.05) is 26.1 Å². The zero-order valence-corrected chi connectivity index (χ0v) is 21.7. The summed E-state index contributed by atoms with van der Waals surface area (Å²) < 4.78 is 2.06. The molecule has 0 unspecified atom stereocenters. The topological polar surface area (TPSA) is 95.7 Å². The van der Waals surface area contributed by atoms with Gasteiger partial charge in [-0.2, -0.15) is 0 Å². The number of rotatable bonds is 14. The minimum absolute atomic E-state index is 0.239. The highest BCUT2D eigenvalue weighted by molar-refractivity contribution is 6.13. The molecule has 8 nitrogen and oxygen atoms in total. The Bertz CT molecular complexity index is 1090. The van der Waals surface area contributed by atoms with E-state index in [4.69, 9.17) is 0 Å². The number of hydrogen-bond donors (Lipinski definition) is 1. The summed E-state index contributed by atoms with van der Waals surface area (Å²) in [5, 5.41) is 9.21. The molecule has 1 saturated heterocycles. The van der Waals surface area contributed by atoms with Gasteiger partial charge in [-0.05, 0) is 43.0 Å². The van der Waals surface area contributed by atoms with Crippen LogP contribution in [0.5, 0.6) is 0 Å². The molecule has 2 heterocycles. The molecule has 0 bridgehead atoms. The Balaban J connectivity index is 1.98. The number of imide groups is 1. The van der Waals surface area contributed by atoms with Crippen LogP contribution in [0.2, 0.25) is 0 Å². The third kappa shape index (κ3) is 6.42. The highest BCUT2D eigenvalue weighted by atomic mass is 16.4. The number of benzene rings is 1. The Morgan fingerprint density at radius 3 is 2.22 bits per heavy atom. The van der Waals surface area contributed by atoms with E-state index in [-0.39, 0.29) is 17.5 Å². The van der Waals surface area contributed by atoms with E-state index in [0.29, 0.717) is 25.3 Å². The predicted octanol–water partition coefficient (Wildman–Crippen LogP) is 5.57. The van der Waals surface area contributed by atoms with Crippen molar-refractivity contribution in [3.63, 3.8) is 0 Å². The largest absolute Gasteiger partial charge is 0.478 e. The average molecular weight is 495 g/mol. The maximum Gasteiger partial charge on any atom is 0.335 e. The number of hydrogen-bond acceptors (Lipinski definition) is 4. The molecule has 3 amide bonds. The van der Waals surface area contributed by atoms with Gasteiger partial charge >= 0.3 is 12.0 Å². The molecule has 0 radical (unpaired) electrons. The minimum Gasteiger partial charge on any atom is -0.478 e. The number of nitrogens with zero attached hydrogens (tertiary/aromatic N) is 4. The molecule has 0 spiro atoms. The zero-order chi connectivity index (χ0) is 26.1. The summed E-state index contributed by atoms with van der Waals surface area (Å²) in [4.78, 5) is 45.3. The van der Waals surface area contributed by atoms with E-state index in [1.165, 1.54) is 4.90 Å². The Kier molecular flexibility index (Phi) is 9.85. The van der Waals surface area contributed by atoms with Crippen molar-refractivity contribution in [2.75, 3.05) is 13.1 Å². The Hall–Kier alpha value is -3.42. The highest BCUT2D eigenvalue weighted by Gasteiger charge is 2.40. The van der Waals surface area contributed by atoms with E-state index in [9.17, 15) is 19.5 Å². The van der Waals surface area contributed by atoms with Crippen LogP contribution in [-0.4, -0.2) is 55.5 Å². The maximum atomic E-state index is 13.3. The molecule has 0 saturated carbocycles. The van der Waals surface area contributed by atoms with Gasteiger partial charge in [0.1, 0.15) is 11.5 Å². The molecule has 2 aromatic rings. The summed E-state index contributed by atoms with van der Waals surface area (Å²) >= 11 is 0. The predicted molar refractivity (Wildman–Crippen MR) is 140 cm³/mol. The van der Waals surface area contributed by atoms with Crippen LogP contribution >= 0.6 is 0 Å². The van der Waals surface area contributed by atoms with Crippen molar-refractivity contribution in [2.24, 2.45) is 0 Å². The van der Waals surface area contributed by atoms with Gasteiger partial charge in [-0.25, -0.2) is 14.6 Å². The van der Waals surface area contributed by atoms with Crippen molar-refractivity contribution in [1.29, 1.82) is 0 Å². The van der Waals surface area contributed by atoms with Gasteiger partial charge in [-0.15, -0.1) is 0 Å². The summed E-state index contributed by atoms with van der Waals surface area (Å²) in [6.45, 7) is 7.71. The van der Waals surface area contributed by atoms with Crippen LogP contribution < -0.4 is 0 Å². The first kappa shape index (κ1) is 27.2. The number of carbonyl (C=O) groups excluding carboxylic acids is 2. The lowest BCUT2D eigenvalue weighted by molar-refractivity contribution is -0.123. The van der Waals surface area contributed by atoms with Gasteiger partial charge in [-0.3, -0.25) is 14.6 Å². The molecule has 0 aliphatic carbocycles. The first-order valence-corrected chi connectivity index (χ1v) is 13.1. The number of unbranched alkanes of at least 4 members (excludes halogenated alkanes) is 4. The summed E-state index contributed by atoms with van der Waals surface area (Å²) in [5.41, 5.74) is 2.34. The first-order chi connectivity index (χ1) is 17.4. The van der Waals surface area contributed by atoms with Crippen molar-refractivity contribution in [3.05, 3.63) is 58.8 Å². The van der Waals surface area contributed by atoms with Crippen molar-refractivity contribution in [3.8, 4) is 0 Å². The van der Waals surface area contributed by atoms with Gasteiger partial charge in [0.15, 0.2) is 0 Å². The van der Waals surface area contributed by atoms with Crippen LogP contribution in [0.25, 0.3) is 6.08 Å². The quantitative estimate of drug-likeness (QED) is 0.210. The van der Waals surface area contributed by atoms with Crippen molar-refractivity contribution in [2.45, 2.75) is 78.7 Å². The smallest absolute Gasteiger partial charge is 0.335 e. The van der Waals surface area contributed by atoms with Gasteiger partial charge in [0.25, 0.3) is 5.91 Å². The van der Waals surface area contributed by atoms with E-state index >= 15 is 0 Å². The van der Waals surface area contributed by atoms with Crippen LogP contribution in [0.15, 0.2) is 36.2 Å². The Morgan fingerprint density at radius 2 is 1.58 bits per heavy atom. The molecule has 1 aromatic heterocycles. The second-order valence-corrected chi connectivity index (χ2v) is 9.27. The molecular formula is C28H38N4O4. The van der Waals surface area contributed by atoms with Gasteiger partial charge in [-0.1, -0.05) is 58.6 Å². The molecular weight excluding hydrogens is 456 g/mol. The minimum atomic E-state index is -0.960. The molecule has 194 valence electrons. The molecule has 3 rings (SSSR count). The Labute approximate surface area is 213 Å². The SMILES string of the molecule is CCCCCN1C(=O)N(CCCC)C(=O)C1=Cc1cnc(CCCC)n1Cc1ccc(C(=O)O)cc1. The second kappa shape index (κ2) is 13.0. The van der Waals surface area contributed by atoms with Crippen molar-refractivity contribution < 1.29 is 19.5 Å². The summed E-state index contributed by atoms with van der Waals surface area (Å²) in [6.07, 6.45) is 10.9. The van der Waals surface area contributed by atoms with Crippen LogP contribution in [0.4, 0.5) is 4.79 Å². The molecule has 1 aliphatic rings. The molecule has 8 heteroatoms. The van der Waals surface area contributed by atoms with E-state index in [1.54, 1.807) is 41.4 Å². The monoisotopic (exact) mass is 494 g/mol. The number of amides is 3. The first-order valence-electron chi connectivity index (χ1n) is 13.1. The number of carboxylic acids is 1. The number of aromatic nitrogens is 2. The summed E-state index contributed by atoms with van der Waals surface area (Å²) in [7, 11) is 0. The number of carbonyl (C=O) groups is 3. The van der Waals surface area contributed by atoms with Crippen LogP contribution in [0, 0.1) is 0 Å². The zero-order valence-electron chi connectivity index (χ0n) is 21.7. The van der Waals surface area contributed by atoms with Gasteiger partial charge in [0.05, 0.1) is 17.5 Å². The molecule has 1 N–H and O–H groups in total. The number of aryl methyl sites for hydroxylation is 1. The van der Waals surface area contributed by atoms with E-state index in [0.717, 1.165) is 68.4 Å². The van der Waals surface area contributed by atoms with Crippen molar-refractivity contribution >= 4 is 24.0 Å². The number of imidazole rings is 1. The third-order valence-corrected chi connectivity index (χ3v) is 6.49. The molecule has 1 fully saturated rings. The Morgan fingerprint density at radius 1 is 0.917 bits per heavy atom. The second-order valence-electron chi connectivity index (χ2n) is 9.27. The number of aromatic carboxylic acids is 1. The maximum absolute atomic E-state index is 13.3.